The number of thioether (sulfide) groups is 1. The Balaban J connectivity index is 1.48. The van der Waals surface area contributed by atoms with Crippen LogP contribution in [0.4, 0.5) is 11.4 Å². The molecular formula is C18H21N3O3S2. The standard InChI is InChI=1S/C18H21N3O3S2/c1-20-16-9-5-6-10-17(16)21(26(20,23)24)13-12-19-18(22)11-14-25-15-7-3-2-4-8-15/h2-10H,11-14H2,1H3,(H,19,22). The average molecular weight is 392 g/mol. The molecule has 0 atom stereocenters. The summed E-state index contributed by atoms with van der Waals surface area (Å²) in [4.78, 5) is 13.1. The first-order chi connectivity index (χ1) is 12.5. The van der Waals surface area contributed by atoms with E-state index < -0.39 is 10.2 Å². The number of nitrogens with one attached hydrogen (secondary N) is 1. The SMILES string of the molecule is CN1c2ccccc2N(CCNC(=O)CCSc2ccccc2)S1(=O)=O. The van der Waals surface area contributed by atoms with Gasteiger partial charge in [-0.15, -0.1) is 11.8 Å². The highest BCUT2D eigenvalue weighted by Gasteiger charge is 2.37. The van der Waals surface area contributed by atoms with Crippen LogP contribution in [0.25, 0.3) is 0 Å². The fourth-order valence-electron chi connectivity index (χ4n) is 2.74. The maximum atomic E-state index is 12.5. The number of para-hydroxylation sites is 2. The van der Waals surface area contributed by atoms with Crippen LogP contribution >= 0.6 is 11.8 Å². The van der Waals surface area contributed by atoms with Crippen molar-refractivity contribution in [2.45, 2.75) is 11.3 Å². The molecule has 26 heavy (non-hydrogen) atoms. The van der Waals surface area contributed by atoms with Crippen LogP contribution in [-0.4, -0.2) is 40.2 Å². The molecule has 8 heteroatoms. The second-order valence-electron chi connectivity index (χ2n) is 5.80. The smallest absolute Gasteiger partial charge is 0.326 e. The zero-order chi connectivity index (χ0) is 18.6. The van der Waals surface area contributed by atoms with Crippen LogP contribution in [0.15, 0.2) is 59.5 Å². The van der Waals surface area contributed by atoms with Crippen molar-refractivity contribution in [3.05, 3.63) is 54.6 Å². The van der Waals surface area contributed by atoms with E-state index in [2.05, 4.69) is 5.32 Å². The fourth-order valence-corrected chi connectivity index (χ4v) is 5.03. The van der Waals surface area contributed by atoms with Gasteiger partial charge in [0.25, 0.3) is 0 Å². The number of carbonyl (C=O) groups is 1. The summed E-state index contributed by atoms with van der Waals surface area (Å²) in [5.41, 5.74) is 1.29. The molecule has 2 aromatic rings. The van der Waals surface area contributed by atoms with E-state index in [-0.39, 0.29) is 19.0 Å². The molecule has 0 aliphatic carbocycles. The summed E-state index contributed by atoms with van der Waals surface area (Å²) in [6.07, 6.45) is 0.392. The van der Waals surface area contributed by atoms with Gasteiger partial charge in [0.2, 0.25) is 5.91 Å². The third-order valence-electron chi connectivity index (χ3n) is 4.09. The van der Waals surface area contributed by atoms with E-state index in [9.17, 15) is 13.2 Å². The van der Waals surface area contributed by atoms with Gasteiger partial charge in [-0.05, 0) is 24.3 Å². The van der Waals surface area contributed by atoms with Gasteiger partial charge in [0.05, 0.1) is 17.9 Å². The normalized spacial score (nSPS) is 15.0. The molecule has 138 valence electrons. The van der Waals surface area contributed by atoms with Gasteiger partial charge in [-0.25, -0.2) is 4.31 Å². The Morgan fingerprint density at radius 3 is 2.42 bits per heavy atom. The molecule has 0 radical (unpaired) electrons. The Bertz CT molecular complexity index is 872. The summed E-state index contributed by atoms with van der Waals surface area (Å²) in [6, 6.07) is 17.1. The summed E-state index contributed by atoms with van der Waals surface area (Å²) < 4.78 is 27.6. The molecule has 3 rings (SSSR count). The van der Waals surface area contributed by atoms with Crippen molar-refractivity contribution in [3.8, 4) is 0 Å². The number of amides is 1. The van der Waals surface area contributed by atoms with Crippen LogP contribution in [0.1, 0.15) is 6.42 Å². The highest BCUT2D eigenvalue weighted by atomic mass is 32.2. The molecule has 0 bridgehead atoms. The third kappa shape index (κ3) is 3.96. The number of anilines is 2. The maximum Gasteiger partial charge on any atom is 0.326 e. The fraction of sp³-hybridized carbons (Fsp3) is 0.278. The van der Waals surface area contributed by atoms with Gasteiger partial charge in [0.1, 0.15) is 0 Å². The largest absolute Gasteiger partial charge is 0.354 e. The van der Waals surface area contributed by atoms with E-state index >= 15 is 0 Å². The van der Waals surface area contributed by atoms with Crippen molar-refractivity contribution in [2.75, 3.05) is 34.5 Å². The van der Waals surface area contributed by atoms with Gasteiger partial charge in [0, 0.05) is 30.7 Å². The summed E-state index contributed by atoms with van der Waals surface area (Å²) in [7, 11) is -2.03. The zero-order valence-corrected chi connectivity index (χ0v) is 16.1. The first-order valence-corrected chi connectivity index (χ1v) is 10.7. The topological polar surface area (TPSA) is 69.7 Å². The van der Waals surface area contributed by atoms with Crippen molar-refractivity contribution in [3.63, 3.8) is 0 Å². The third-order valence-corrected chi connectivity index (χ3v) is 6.93. The Morgan fingerprint density at radius 1 is 1.04 bits per heavy atom. The highest BCUT2D eigenvalue weighted by Crippen LogP contribution is 2.38. The van der Waals surface area contributed by atoms with Crippen LogP contribution in [0.3, 0.4) is 0 Å². The lowest BCUT2D eigenvalue weighted by Gasteiger charge is -2.19. The molecule has 0 aromatic heterocycles. The molecule has 0 spiro atoms. The Hall–Kier alpha value is -2.19. The van der Waals surface area contributed by atoms with E-state index in [1.807, 2.05) is 30.3 Å². The quantitative estimate of drug-likeness (QED) is 0.736. The molecule has 1 aliphatic heterocycles. The second-order valence-corrected chi connectivity index (χ2v) is 8.85. The lowest BCUT2D eigenvalue weighted by Crippen LogP contribution is -2.40. The molecule has 6 nitrogen and oxygen atoms in total. The van der Waals surface area contributed by atoms with Crippen LogP contribution in [0.5, 0.6) is 0 Å². The number of rotatable bonds is 7. The molecule has 1 N–H and O–H groups in total. The lowest BCUT2D eigenvalue weighted by molar-refractivity contribution is -0.120. The average Bonchev–Trinajstić information content (AvgIpc) is 2.83. The van der Waals surface area contributed by atoms with E-state index in [1.165, 1.54) is 15.7 Å². The van der Waals surface area contributed by atoms with E-state index in [0.29, 0.717) is 23.5 Å². The highest BCUT2D eigenvalue weighted by molar-refractivity contribution is 7.99. The lowest BCUT2D eigenvalue weighted by atomic mass is 10.2. The molecule has 1 heterocycles. The van der Waals surface area contributed by atoms with Gasteiger partial charge >= 0.3 is 10.2 Å². The van der Waals surface area contributed by atoms with Gasteiger partial charge in [-0.2, -0.15) is 8.42 Å². The number of hydrogen-bond donors (Lipinski definition) is 1. The van der Waals surface area contributed by atoms with Crippen LogP contribution in [0.2, 0.25) is 0 Å². The number of hydrogen-bond acceptors (Lipinski definition) is 4. The number of carbonyl (C=O) groups excluding carboxylic acids is 1. The Morgan fingerprint density at radius 2 is 1.69 bits per heavy atom. The monoisotopic (exact) mass is 391 g/mol. The van der Waals surface area contributed by atoms with Crippen LogP contribution < -0.4 is 13.9 Å². The predicted molar refractivity (Wildman–Crippen MR) is 106 cm³/mol. The first kappa shape index (κ1) is 18.6. The summed E-state index contributed by atoms with van der Waals surface area (Å²) in [5, 5.41) is 2.80. The minimum atomic E-state index is -3.56. The van der Waals surface area contributed by atoms with Crippen molar-refractivity contribution < 1.29 is 13.2 Å². The first-order valence-electron chi connectivity index (χ1n) is 8.30. The summed E-state index contributed by atoms with van der Waals surface area (Å²) in [5.74, 6) is 0.607. The molecule has 0 unspecified atom stereocenters. The minimum Gasteiger partial charge on any atom is -0.354 e. The number of nitrogens with zero attached hydrogens (tertiary/aromatic N) is 2. The number of fused-ring (bicyclic) bond motifs is 1. The predicted octanol–water partition coefficient (Wildman–Crippen LogP) is 2.49. The zero-order valence-electron chi connectivity index (χ0n) is 14.5. The van der Waals surface area contributed by atoms with Crippen molar-refractivity contribution in [1.29, 1.82) is 0 Å². The van der Waals surface area contributed by atoms with Gasteiger partial charge < -0.3 is 5.32 Å². The van der Waals surface area contributed by atoms with Gasteiger partial charge in [0.15, 0.2) is 0 Å². The van der Waals surface area contributed by atoms with Gasteiger partial charge in [-0.1, -0.05) is 30.3 Å². The molecular weight excluding hydrogens is 370 g/mol. The van der Waals surface area contributed by atoms with Crippen molar-refractivity contribution in [1.82, 2.24) is 5.32 Å². The maximum absolute atomic E-state index is 12.5. The Kier molecular flexibility index (Phi) is 5.73. The molecule has 2 aromatic carbocycles. The number of benzene rings is 2. The van der Waals surface area contributed by atoms with E-state index in [0.717, 1.165) is 4.90 Å². The molecule has 1 amide bonds. The molecule has 0 saturated carbocycles. The minimum absolute atomic E-state index is 0.0772. The van der Waals surface area contributed by atoms with Gasteiger partial charge in [-0.3, -0.25) is 9.10 Å². The Labute approximate surface area is 158 Å². The van der Waals surface area contributed by atoms with Crippen LogP contribution in [0, 0.1) is 0 Å². The second kappa shape index (κ2) is 8.01. The molecule has 0 saturated heterocycles. The van der Waals surface area contributed by atoms with E-state index in [1.54, 1.807) is 36.0 Å². The van der Waals surface area contributed by atoms with E-state index in [4.69, 9.17) is 0 Å². The van der Waals surface area contributed by atoms with Crippen molar-refractivity contribution >= 4 is 39.3 Å². The summed E-state index contributed by atoms with van der Waals surface area (Å²) >= 11 is 1.62. The molecule has 0 fully saturated rings. The van der Waals surface area contributed by atoms with Crippen LogP contribution in [-0.2, 0) is 15.0 Å². The van der Waals surface area contributed by atoms with Crippen molar-refractivity contribution in [2.24, 2.45) is 0 Å². The summed E-state index contributed by atoms with van der Waals surface area (Å²) in [6.45, 7) is 0.484. The molecule has 1 aliphatic rings.